The van der Waals surface area contributed by atoms with Gasteiger partial charge in [0, 0.05) is 19.6 Å². The van der Waals surface area contributed by atoms with E-state index in [1.54, 1.807) is 23.1 Å². The minimum Gasteiger partial charge on any atom is -0.452 e. The van der Waals surface area contributed by atoms with Gasteiger partial charge in [0.15, 0.2) is 6.61 Å². The number of benzene rings is 1. The molecule has 27 heavy (non-hydrogen) atoms. The van der Waals surface area contributed by atoms with E-state index in [1.165, 1.54) is 4.31 Å². The number of hydrogen-bond acceptors (Lipinski definition) is 5. The maximum Gasteiger partial charge on any atom is 0.338 e. The molecule has 1 aromatic carbocycles. The van der Waals surface area contributed by atoms with Crippen LogP contribution in [0.4, 0.5) is 5.69 Å². The summed E-state index contributed by atoms with van der Waals surface area (Å²) in [5, 5.41) is 0. The first kappa shape index (κ1) is 19.7. The number of carbonyl (C=O) groups is 2. The number of carbonyl (C=O) groups excluding carboxylic acids is 2. The lowest BCUT2D eigenvalue weighted by Crippen LogP contribution is -2.44. The van der Waals surface area contributed by atoms with Gasteiger partial charge >= 0.3 is 5.97 Å². The highest BCUT2D eigenvalue weighted by Crippen LogP contribution is 2.31. The van der Waals surface area contributed by atoms with Crippen molar-refractivity contribution >= 4 is 27.6 Å². The Morgan fingerprint density at radius 3 is 2.48 bits per heavy atom. The van der Waals surface area contributed by atoms with E-state index in [-0.39, 0.29) is 12.5 Å². The Hall–Kier alpha value is -2.09. The molecular weight excluding hydrogens is 368 g/mol. The van der Waals surface area contributed by atoms with Gasteiger partial charge < -0.3 is 9.64 Å². The van der Waals surface area contributed by atoms with E-state index in [2.05, 4.69) is 13.8 Å². The number of hydrogen-bond donors (Lipinski definition) is 0. The largest absolute Gasteiger partial charge is 0.452 e. The van der Waals surface area contributed by atoms with Crippen molar-refractivity contribution < 1.29 is 22.7 Å². The molecule has 2 heterocycles. The van der Waals surface area contributed by atoms with Gasteiger partial charge in [0.1, 0.15) is 0 Å². The number of esters is 1. The summed E-state index contributed by atoms with van der Waals surface area (Å²) in [5.74, 6) is 0.152. The van der Waals surface area contributed by atoms with Gasteiger partial charge in [-0.3, -0.25) is 9.10 Å². The lowest BCUT2D eigenvalue weighted by atomic mass is 9.92. The Morgan fingerprint density at radius 1 is 1.19 bits per heavy atom. The van der Waals surface area contributed by atoms with Crippen molar-refractivity contribution in [3.63, 3.8) is 0 Å². The first-order valence-corrected chi connectivity index (χ1v) is 11.1. The SMILES string of the molecule is C[C@H]1C[C@H](C)CN(C(=O)COC(=O)c2ccc3c(c2)CCN3S(C)(=O)=O)C1. The van der Waals surface area contributed by atoms with Gasteiger partial charge in [0.05, 0.1) is 17.5 Å². The Bertz CT molecular complexity index is 842. The van der Waals surface area contributed by atoms with Crippen LogP contribution in [0.3, 0.4) is 0 Å². The summed E-state index contributed by atoms with van der Waals surface area (Å²) in [4.78, 5) is 26.4. The number of piperidine rings is 1. The fraction of sp³-hybridized carbons (Fsp3) is 0.579. The second-order valence-electron chi connectivity index (χ2n) is 7.75. The maximum absolute atomic E-state index is 12.3. The lowest BCUT2D eigenvalue weighted by molar-refractivity contribution is -0.137. The first-order chi connectivity index (χ1) is 12.6. The lowest BCUT2D eigenvalue weighted by Gasteiger charge is -2.34. The number of sulfonamides is 1. The van der Waals surface area contributed by atoms with Crippen LogP contribution in [-0.2, 0) is 26.0 Å². The van der Waals surface area contributed by atoms with E-state index >= 15 is 0 Å². The van der Waals surface area contributed by atoms with Crippen LogP contribution in [0, 0.1) is 11.8 Å². The molecule has 1 saturated heterocycles. The van der Waals surface area contributed by atoms with Crippen LogP contribution in [0.1, 0.15) is 36.2 Å². The van der Waals surface area contributed by atoms with Gasteiger partial charge in [-0.1, -0.05) is 13.8 Å². The zero-order valence-electron chi connectivity index (χ0n) is 16.0. The molecule has 0 radical (unpaired) electrons. The Labute approximate surface area is 160 Å². The van der Waals surface area contributed by atoms with Crippen molar-refractivity contribution in [3.8, 4) is 0 Å². The molecule has 8 heteroatoms. The van der Waals surface area contributed by atoms with Crippen molar-refractivity contribution in [3.05, 3.63) is 29.3 Å². The van der Waals surface area contributed by atoms with Crippen LogP contribution in [0.15, 0.2) is 18.2 Å². The molecule has 1 aromatic rings. The van der Waals surface area contributed by atoms with Crippen LogP contribution in [0.2, 0.25) is 0 Å². The molecule has 3 rings (SSSR count). The van der Waals surface area contributed by atoms with Crippen molar-refractivity contribution in [2.45, 2.75) is 26.7 Å². The highest BCUT2D eigenvalue weighted by molar-refractivity contribution is 7.92. The fourth-order valence-electron chi connectivity index (χ4n) is 4.01. The molecule has 0 unspecified atom stereocenters. The van der Waals surface area contributed by atoms with Gasteiger partial charge in [0.25, 0.3) is 5.91 Å². The Balaban J connectivity index is 1.61. The highest BCUT2D eigenvalue weighted by Gasteiger charge is 2.28. The van der Waals surface area contributed by atoms with Crippen LogP contribution < -0.4 is 4.31 Å². The summed E-state index contributed by atoms with van der Waals surface area (Å²) in [6, 6.07) is 4.81. The monoisotopic (exact) mass is 394 g/mol. The third-order valence-electron chi connectivity index (χ3n) is 5.12. The molecule has 7 nitrogen and oxygen atoms in total. The molecule has 2 aliphatic heterocycles. The summed E-state index contributed by atoms with van der Waals surface area (Å²) < 4.78 is 30.1. The molecule has 0 bridgehead atoms. The molecule has 148 valence electrons. The minimum atomic E-state index is -3.33. The average Bonchev–Trinajstić information content (AvgIpc) is 3.01. The summed E-state index contributed by atoms with van der Waals surface area (Å²) >= 11 is 0. The van der Waals surface area contributed by atoms with E-state index in [0.29, 0.717) is 49.1 Å². The quantitative estimate of drug-likeness (QED) is 0.726. The second-order valence-corrected chi connectivity index (χ2v) is 9.66. The number of nitrogens with zero attached hydrogens (tertiary/aromatic N) is 2. The normalized spacial score (nSPS) is 22.5. The van der Waals surface area contributed by atoms with Crippen LogP contribution in [0.25, 0.3) is 0 Å². The number of anilines is 1. The fourth-order valence-corrected chi connectivity index (χ4v) is 4.97. The molecule has 2 aliphatic rings. The van der Waals surface area contributed by atoms with E-state index in [1.807, 2.05) is 0 Å². The third kappa shape index (κ3) is 4.43. The zero-order valence-corrected chi connectivity index (χ0v) is 16.8. The summed E-state index contributed by atoms with van der Waals surface area (Å²) in [7, 11) is -3.33. The topological polar surface area (TPSA) is 84.0 Å². The van der Waals surface area contributed by atoms with Crippen molar-refractivity contribution in [1.82, 2.24) is 4.90 Å². The molecule has 0 saturated carbocycles. The van der Waals surface area contributed by atoms with Crippen molar-refractivity contribution in [1.29, 1.82) is 0 Å². The molecule has 2 atom stereocenters. The molecular formula is C19H26N2O5S. The minimum absolute atomic E-state index is 0.175. The number of amides is 1. The summed E-state index contributed by atoms with van der Waals surface area (Å²) in [5.41, 5.74) is 1.72. The summed E-state index contributed by atoms with van der Waals surface area (Å²) in [6.45, 7) is 5.72. The predicted molar refractivity (Wildman–Crippen MR) is 102 cm³/mol. The average molecular weight is 394 g/mol. The van der Waals surface area contributed by atoms with E-state index in [4.69, 9.17) is 4.74 Å². The van der Waals surface area contributed by atoms with Crippen molar-refractivity contribution in [2.24, 2.45) is 11.8 Å². The summed E-state index contributed by atoms with van der Waals surface area (Å²) in [6.07, 6.45) is 2.81. The third-order valence-corrected chi connectivity index (χ3v) is 6.30. The highest BCUT2D eigenvalue weighted by atomic mass is 32.2. The van der Waals surface area contributed by atoms with Crippen molar-refractivity contribution in [2.75, 3.05) is 36.8 Å². The standard InChI is InChI=1S/C19H26N2O5S/c1-13-8-14(2)11-20(10-13)18(22)12-26-19(23)16-4-5-17-15(9-16)6-7-21(17)27(3,24)25/h4-5,9,13-14H,6-8,10-12H2,1-3H3/t13-,14-/m0/s1. The van der Waals surface area contributed by atoms with Gasteiger partial charge in [-0.25, -0.2) is 13.2 Å². The number of ether oxygens (including phenoxy) is 1. The van der Waals surface area contributed by atoms with Gasteiger partial charge in [0.2, 0.25) is 10.0 Å². The Kier molecular flexibility index (Phi) is 5.46. The van der Waals surface area contributed by atoms with Gasteiger partial charge in [-0.2, -0.15) is 0 Å². The molecule has 0 aliphatic carbocycles. The molecule has 0 aromatic heterocycles. The molecule has 1 amide bonds. The van der Waals surface area contributed by atoms with Crippen LogP contribution in [0.5, 0.6) is 0 Å². The van der Waals surface area contributed by atoms with Gasteiger partial charge in [-0.05, 0) is 48.4 Å². The first-order valence-electron chi connectivity index (χ1n) is 9.20. The van der Waals surface area contributed by atoms with Crippen LogP contribution >= 0.6 is 0 Å². The number of likely N-dealkylation sites (tertiary alicyclic amines) is 1. The van der Waals surface area contributed by atoms with E-state index in [9.17, 15) is 18.0 Å². The molecule has 1 fully saturated rings. The predicted octanol–water partition coefficient (Wildman–Crippen LogP) is 1.67. The number of fused-ring (bicyclic) bond motifs is 1. The maximum atomic E-state index is 12.3. The molecule has 0 N–H and O–H groups in total. The van der Waals surface area contributed by atoms with Gasteiger partial charge in [-0.15, -0.1) is 0 Å². The molecule has 0 spiro atoms. The van der Waals surface area contributed by atoms with E-state index in [0.717, 1.165) is 18.2 Å². The smallest absolute Gasteiger partial charge is 0.338 e. The van der Waals surface area contributed by atoms with E-state index < -0.39 is 16.0 Å². The van der Waals surface area contributed by atoms with Crippen LogP contribution in [-0.4, -0.2) is 57.7 Å². The second kappa shape index (κ2) is 7.50. The zero-order chi connectivity index (χ0) is 19.8. The Morgan fingerprint density at radius 2 is 1.85 bits per heavy atom. The number of rotatable bonds is 4.